The fourth-order valence-corrected chi connectivity index (χ4v) is 3.86. The van der Waals surface area contributed by atoms with Gasteiger partial charge in [-0.1, -0.05) is 30.2 Å². The molecule has 1 heterocycles. The highest BCUT2D eigenvalue weighted by Crippen LogP contribution is 2.28. The summed E-state index contributed by atoms with van der Waals surface area (Å²) in [6.07, 6.45) is 3.72. The molecule has 0 bridgehead atoms. The van der Waals surface area contributed by atoms with Crippen LogP contribution in [0.25, 0.3) is 0 Å². The van der Waals surface area contributed by atoms with E-state index in [0.717, 1.165) is 24.5 Å². The summed E-state index contributed by atoms with van der Waals surface area (Å²) in [4.78, 5) is 7.11. The molecular formula is C22H29ClN4O2. The molecule has 0 aromatic heterocycles. The third-order valence-electron chi connectivity index (χ3n) is 5.19. The number of likely N-dealkylation sites (tertiary alicyclic amines) is 1. The second kappa shape index (κ2) is 10.4. The Morgan fingerprint density at radius 3 is 2.45 bits per heavy atom. The molecule has 29 heavy (non-hydrogen) atoms. The van der Waals surface area contributed by atoms with E-state index >= 15 is 0 Å². The van der Waals surface area contributed by atoms with Gasteiger partial charge in [-0.25, -0.2) is 0 Å². The predicted molar refractivity (Wildman–Crippen MR) is 119 cm³/mol. The van der Waals surface area contributed by atoms with E-state index < -0.39 is 0 Å². The van der Waals surface area contributed by atoms with Crippen molar-refractivity contribution in [1.29, 1.82) is 0 Å². The summed E-state index contributed by atoms with van der Waals surface area (Å²) in [5.74, 6) is 1.84. The molecule has 1 aliphatic heterocycles. The van der Waals surface area contributed by atoms with Crippen LogP contribution in [-0.4, -0.2) is 44.7 Å². The maximum absolute atomic E-state index is 6.18. The number of ether oxygens (including phenoxy) is 2. The van der Waals surface area contributed by atoms with Crippen molar-refractivity contribution in [3.8, 4) is 11.5 Å². The molecule has 3 rings (SSSR count). The van der Waals surface area contributed by atoms with Crippen molar-refractivity contribution in [1.82, 2.24) is 4.90 Å². The van der Waals surface area contributed by atoms with Crippen LogP contribution in [0, 0.1) is 0 Å². The molecule has 3 N–H and O–H groups in total. The number of aliphatic imine (C=N–C) groups is 1. The topological polar surface area (TPSA) is 72.1 Å². The monoisotopic (exact) mass is 416 g/mol. The quantitative estimate of drug-likeness (QED) is 0.519. The van der Waals surface area contributed by atoms with Crippen molar-refractivity contribution in [2.24, 2.45) is 10.7 Å². The maximum Gasteiger partial charge on any atom is 0.193 e. The number of guanidine groups is 1. The molecule has 0 spiro atoms. The molecule has 1 saturated heterocycles. The van der Waals surface area contributed by atoms with E-state index in [0.29, 0.717) is 23.3 Å². The molecule has 156 valence electrons. The summed E-state index contributed by atoms with van der Waals surface area (Å²) in [7, 11) is 3.27. The van der Waals surface area contributed by atoms with E-state index in [2.05, 4.69) is 27.3 Å². The van der Waals surface area contributed by atoms with Crippen LogP contribution >= 0.6 is 11.6 Å². The predicted octanol–water partition coefficient (Wildman–Crippen LogP) is 4.31. The molecule has 1 fully saturated rings. The number of nitrogens with one attached hydrogen (secondary N) is 1. The normalized spacial score (nSPS) is 16.3. The molecular weight excluding hydrogens is 388 g/mol. The van der Waals surface area contributed by atoms with Crippen molar-refractivity contribution >= 4 is 23.2 Å². The van der Waals surface area contributed by atoms with Crippen LogP contribution in [0.2, 0.25) is 5.02 Å². The summed E-state index contributed by atoms with van der Waals surface area (Å²) < 4.78 is 10.5. The van der Waals surface area contributed by atoms with Crippen molar-refractivity contribution in [2.45, 2.75) is 25.3 Å². The van der Waals surface area contributed by atoms with E-state index in [1.807, 2.05) is 18.2 Å². The lowest BCUT2D eigenvalue weighted by atomic mass is 10.0. The van der Waals surface area contributed by atoms with E-state index in [4.69, 9.17) is 26.8 Å². The first-order valence-corrected chi connectivity index (χ1v) is 10.3. The summed E-state index contributed by atoms with van der Waals surface area (Å²) in [6, 6.07) is 13.8. The number of anilines is 1. The number of halogens is 1. The van der Waals surface area contributed by atoms with Gasteiger partial charge in [0.05, 0.1) is 31.8 Å². The fraction of sp³-hybridized carbons (Fsp3) is 0.409. The maximum atomic E-state index is 6.18. The SMILES string of the molecule is COc1ccc(C(CN=C(N)Nc2ccc(OC)c(Cl)c2)N2CCCCC2)cc1. The zero-order valence-electron chi connectivity index (χ0n) is 17.0. The van der Waals surface area contributed by atoms with E-state index in [9.17, 15) is 0 Å². The largest absolute Gasteiger partial charge is 0.497 e. The molecule has 2 aromatic carbocycles. The molecule has 0 aliphatic carbocycles. The first kappa shape index (κ1) is 21.3. The number of hydrogen-bond donors (Lipinski definition) is 2. The fourth-order valence-electron chi connectivity index (χ4n) is 3.60. The Hall–Kier alpha value is -2.44. The van der Waals surface area contributed by atoms with Gasteiger partial charge < -0.3 is 20.5 Å². The zero-order chi connectivity index (χ0) is 20.6. The number of methoxy groups -OCH3 is 2. The van der Waals surface area contributed by atoms with Gasteiger partial charge >= 0.3 is 0 Å². The van der Waals surface area contributed by atoms with Gasteiger partial charge in [-0.15, -0.1) is 0 Å². The highest BCUT2D eigenvalue weighted by atomic mass is 35.5. The van der Waals surface area contributed by atoms with E-state index in [-0.39, 0.29) is 6.04 Å². The Balaban J connectivity index is 1.72. The summed E-state index contributed by atoms with van der Waals surface area (Å²) >= 11 is 6.18. The van der Waals surface area contributed by atoms with Crippen LogP contribution in [0.1, 0.15) is 30.9 Å². The van der Waals surface area contributed by atoms with Crippen LogP contribution < -0.4 is 20.5 Å². The Kier molecular flexibility index (Phi) is 7.61. The van der Waals surface area contributed by atoms with Crippen LogP contribution in [0.4, 0.5) is 5.69 Å². The van der Waals surface area contributed by atoms with Gasteiger partial charge in [0.15, 0.2) is 5.96 Å². The van der Waals surface area contributed by atoms with Gasteiger partial charge in [-0.2, -0.15) is 0 Å². The minimum atomic E-state index is 0.181. The molecule has 0 saturated carbocycles. The third-order valence-corrected chi connectivity index (χ3v) is 5.49. The van der Waals surface area contributed by atoms with Crippen molar-refractivity contribution in [3.05, 3.63) is 53.1 Å². The van der Waals surface area contributed by atoms with Gasteiger partial charge in [0.25, 0.3) is 0 Å². The van der Waals surface area contributed by atoms with E-state index in [1.165, 1.54) is 24.8 Å². The van der Waals surface area contributed by atoms with Gasteiger partial charge in [-0.05, 0) is 61.8 Å². The van der Waals surface area contributed by atoms with Crippen molar-refractivity contribution < 1.29 is 9.47 Å². The first-order chi connectivity index (χ1) is 14.1. The summed E-state index contributed by atoms with van der Waals surface area (Å²) in [5.41, 5.74) is 8.15. The Morgan fingerprint density at radius 2 is 1.83 bits per heavy atom. The average Bonchev–Trinajstić information content (AvgIpc) is 2.75. The van der Waals surface area contributed by atoms with Gasteiger partial charge in [0, 0.05) is 5.69 Å². The lowest BCUT2D eigenvalue weighted by molar-refractivity contribution is 0.168. The number of nitrogens with two attached hydrogens (primary N) is 1. The van der Waals surface area contributed by atoms with Gasteiger partial charge in [-0.3, -0.25) is 9.89 Å². The number of piperidine rings is 1. The Bertz CT molecular complexity index is 820. The number of benzene rings is 2. The van der Waals surface area contributed by atoms with E-state index in [1.54, 1.807) is 26.4 Å². The molecule has 7 heteroatoms. The number of hydrogen-bond acceptors (Lipinski definition) is 4. The molecule has 6 nitrogen and oxygen atoms in total. The van der Waals surface area contributed by atoms with Gasteiger partial charge in [0.2, 0.25) is 0 Å². The van der Waals surface area contributed by atoms with Crippen LogP contribution in [-0.2, 0) is 0 Å². The molecule has 0 amide bonds. The molecule has 1 aliphatic rings. The zero-order valence-corrected chi connectivity index (χ0v) is 17.8. The molecule has 2 aromatic rings. The third kappa shape index (κ3) is 5.78. The smallest absolute Gasteiger partial charge is 0.193 e. The second-order valence-corrected chi connectivity index (χ2v) is 7.49. The van der Waals surface area contributed by atoms with Crippen molar-refractivity contribution in [2.75, 3.05) is 39.2 Å². The highest BCUT2D eigenvalue weighted by molar-refractivity contribution is 6.32. The molecule has 0 radical (unpaired) electrons. The minimum absolute atomic E-state index is 0.181. The average molecular weight is 417 g/mol. The summed E-state index contributed by atoms with van der Waals surface area (Å²) in [5, 5.41) is 3.63. The standard InChI is InChI=1S/C22H29ClN4O2/c1-28-18-9-6-16(7-10-18)20(27-12-4-3-5-13-27)15-25-22(24)26-17-8-11-21(29-2)19(23)14-17/h6-11,14,20H,3-5,12-13,15H2,1-2H3,(H3,24,25,26). The lowest BCUT2D eigenvalue weighted by Gasteiger charge is -2.34. The van der Waals surface area contributed by atoms with Crippen molar-refractivity contribution in [3.63, 3.8) is 0 Å². The summed E-state index contributed by atoms with van der Waals surface area (Å²) in [6.45, 7) is 2.73. The Morgan fingerprint density at radius 1 is 1.10 bits per heavy atom. The van der Waals surface area contributed by atoms with Crippen LogP contribution in [0.3, 0.4) is 0 Å². The number of rotatable bonds is 7. The van der Waals surface area contributed by atoms with Crippen LogP contribution in [0.15, 0.2) is 47.5 Å². The Labute approximate surface area is 177 Å². The highest BCUT2D eigenvalue weighted by Gasteiger charge is 2.22. The first-order valence-electron chi connectivity index (χ1n) is 9.89. The molecule has 1 unspecified atom stereocenters. The van der Waals surface area contributed by atoms with Crippen LogP contribution in [0.5, 0.6) is 11.5 Å². The second-order valence-electron chi connectivity index (χ2n) is 7.09. The number of nitrogens with zero attached hydrogens (tertiary/aromatic N) is 2. The lowest BCUT2D eigenvalue weighted by Crippen LogP contribution is -2.36. The molecule has 1 atom stereocenters. The van der Waals surface area contributed by atoms with Gasteiger partial charge in [0.1, 0.15) is 11.5 Å². The minimum Gasteiger partial charge on any atom is -0.497 e.